The van der Waals surface area contributed by atoms with Crippen molar-refractivity contribution in [1.82, 2.24) is 4.98 Å². The fourth-order valence-electron chi connectivity index (χ4n) is 1.26. The molecule has 0 aliphatic heterocycles. The highest BCUT2D eigenvalue weighted by Crippen LogP contribution is 2.27. The minimum absolute atomic E-state index is 0.0277. The minimum atomic E-state index is -0.627. The average Bonchev–Trinajstić information content (AvgIpc) is 2.32. The minimum Gasteiger partial charge on any atom is -0.455 e. The van der Waals surface area contributed by atoms with Crippen molar-refractivity contribution in [1.29, 1.82) is 5.26 Å². The van der Waals surface area contributed by atoms with Crippen LogP contribution in [0.1, 0.15) is 5.56 Å². The molecule has 0 radical (unpaired) electrons. The van der Waals surface area contributed by atoms with E-state index in [0.717, 1.165) is 6.07 Å². The van der Waals surface area contributed by atoms with Gasteiger partial charge in [-0.05, 0) is 12.1 Å². The summed E-state index contributed by atoms with van der Waals surface area (Å²) < 4.78 is 18.7. The topological polar surface area (TPSA) is 71.9 Å². The van der Waals surface area contributed by atoms with Gasteiger partial charge in [0.05, 0.1) is 17.4 Å². The van der Waals surface area contributed by atoms with Crippen molar-refractivity contribution in [3.05, 3.63) is 48.0 Å². The molecule has 2 N–H and O–H groups in total. The summed E-state index contributed by atoms with van der Waals surface area (Å²) >= 11 is 0. The summed E-state index contributed by atoms with van der Waals surface area (Å²) in [4.78, 5) is 3.81. The van der Waals surface area contributed by atoms with Gasteiger partial charge in [-0.25, -0.2) is 4.39 Å². The first-order valence-corrected chi connectivity index (χ1v) is 4.77. The summed E-state index contributed by atoms with van der Waals surface area (Å²) in [6.45, 7) is 0. The van der Waals surface area contributed by atoms with E-state index in [9.17, 15) is 4.39 Å². The Morgan fingerprint density at radius 3 is 2.82 bits per heavy atom. The van der Waals surface area contributed by atoms with E-state index in [1.165, 1.54) is 24.5 Å². The van der Waals surface area contributed by atoms with Crippen LogP contribution in [0.4, 0.5) is 10.1 Å². The van der Waals surface area contributed by atoms with Crippen LogP contribution in [0.3, 0.4) is 0 Å². The third-order valence-corrected chi connectivity index (χ3v) is 2.10. The zero-order chi connectivity index (χ0) is 12.3. The van der Waals surface area contributed by atoms with E-state index in [-0.39, 0.29) is 11.3 Å². The lowest BCUT2D eigenvalue weighted by atomic mass is 10.2. The molecule has 0 aliphatic carbocycles. The Morgan fingerprint density at radius 1 is 1.35 bits per heavy atom. The average molecular weight is 229 g/mol. The maximum absolute atomic E-state index is 13.3. The van der Waals surface area contributed by atoms with Crippen molar-refractivity contribution in [2.24, 2.45) is 0 Å². The molecule has 0 unspecified atom stereocenters. The Hall–Kier alpha value is -2.61. The zero-order valence-electron chi connectivity index (χ0n) is 8.72. The second-order valence-electron chi connectivity index (χ2n) is 3.27. The Labute approximate surface area is 97.1 Å². The van der Waals surface area contributed by atoms with Crippen LogP contribution >= 0.6 is 0 Å². The first-order chi connectivity index (χ1) is 8.20. The molecule has 0 fully saturated rings. The van der Waals surface area contributed by atoms with E-state index in [4.69, 9.17) is 15.7 Å². The van der Waals surface area contributed by atoms with E-state index < -0.39 is 5.82 Å². The van der Waals surface area contributed by atoms with Gasteiger partial charge in [0, 0.05) is 18.3 Å². The first-order valence-electron chi connectivity index (χ1n) is 4.77. The number of aromatic nitrogens is 1. The number of hydrogen-bond acceptors (Lipinski definition) is 4. The summed E-state index contributed by atoms with van der Waals surface area (Å²) in [6, 6.07) is 7.30. The van der Waals surface area contributed by atoms with Gasteiger partial charge in [0.2, 0.25) is 0 Å². The molecule has 2 aromatic rings. The number of nitriles is 1. The fraction of sp³-hybridized carbons (Fsp3) is 0. The number of rotatable bonds is 2. The molecule has 84 valence electrons. The molecule has 5 heteroatoms. The van der Waals surface area contributed by atoms with Gasteiger partial charge < -0.3 is 10.5 Å². The van der Waals surface area contributed by atoms with Crippen molar-refractivity contribution < 1.29 is 9.13 Å². The Bertz CT molecular complexity index is 593. The van der Waals surface area contributed by atoms with E-state index in [2.05, 4.69) is 4.98 Å². The quantitative estimate of drug-likeness (QED) is 0.858. The van der Waals surface area contributed by atoms with Crippen LogP contribution in [-0.4, -0.2) is 4.98 Å². The molecular formula is C12H8FN3O. The molecule has 0 saturated heterocycles. The van der Waals surface area contributed by atoms with Gasteiger partial charge in [-0.2, -0.15) is 5.26 Å². The maximum Gasteiger partial charge on any atom is 0.153 e. The molecule has 1 aromatic carbocycles. The molecule has 0 spiro atoms. The lowest BCUT2D eigenvalue weighted by molar-refractivity contribution is 0.478. The van der Waals surface area contributed by atoms with E-state index in [1.54, 1.807) is 12.1 Å². The van der Waals surface area contributed by atoms with Gasteiger partial charge in [0.15, 0.2) is 5.75 Å². The van der Waals surface area contributed by atoms with Crippen LogP contribution in [0.15, 0.2) is 36.7 Å². The van der Waals surface area contributed by atoms with Gasteiger partial charge in [-0.15, -0.1) is 0 Å². The number of nitrogen functional groups attached to an aromatic ring is 1. The molecule has 2 rings (SSSR count). The normalized spacial score (nSPS) is 9.65. The molecule has 1 heterocycles. The maximum atomic E-state index is 13.3. The number of pyridine rings is 1. The fourth-order valence-corrected chi connectivity index (χ4v) is 1.26. The molecule has 0 saturated carbocycles. The predicted molar refractivity (Wildman–Crippen MR) is 59.8 cm³/mol. The van der Waals surface area contributed by atoms with Crippen molar-refractivity contribution in [2.45, 2.75) is 0 Å². The summed E-state index contributed by atoms with van der Waals surface area (Å²) in [6.07, 6.45) is 2.96. The molecule has 0 aliphatic rings. The Kier molecular flexibility index (Phi) is 2.88. The molecule has 4 nitrogen and oxygen atoms in total. The smallest absolute Gasteiger partial charge is 0.153 e. The monoisotopic (exact) mass is 229 g/mol. The lowest BCUT2D eigenvalue weighted by Gasteiger charge is -2.07. The Balaban J connectivity index is 2.29. The van der Waals surface area contributed by atoms with Crippen molar-refractivity contribution >= 4 is 5.69 Å². The van der Waals surface area contributed by atoms with Gasteiger partial charge in [0.1, 0.15) is 17.6 Å². The molecule has 1 aromatic heterocycles. The SMILES string of the molecule is N#Cc1ccc(Oc2ccncc2N)cc1F. The largest absolute Gasteiger partial charge is 0.455 e. The second kappa shape index (κ2) is 4.49. The van der Waals surface area contributed by atoms with Gasteiger partial charge in [-0.3, -0.25) is 4.98 Å². The van der Waals surface area contributed by atoms with Crippen LogP contribution in [0.2, 0.25) is 0 Å². The van der Waals surface area contributed by atoms with E-state index in [1.807, 2.05) is 0 Å². The molecular weight excluding hydrogens is 221 g/mol. The highest BCUT2D eigenvalue weighted by atomic mass is 19.1. The van der Waals surface area contributed by atoms with Crippen LogP contribution in [-0.2, 0) is 0 Å². The number of nitrogens with two attached hydrogens (primary N) is 1. The summed E-state index contributed by atoms with van der Waals surface area (Å²) in [5.41, 5.74) is 5.96. The number of nitrogens with zero attached hydrogens (tertiary/aromatic N) is 2. The highest BCUT2D eigenvalue weighted by molar-refractivity contribution is 5.51. The standard InChI is InChI=1S/C12H8FN3O/c13-10-5-9(2-1-8(10)6-14)17-12-3-4-16-7-11(12)15/h1-5,7H,15H2. The number of anilines is 1. The number of benzene rings is 1. The van der Waals surface area contributed by atoms with Crippen LogP contribution in [0, 0.1) is 17.1 Å². The van der Waals surface area contributed by atoms with Crippen LogP contribution < -0.4 is 10.5 Å². The third kappa shape index (κ3) is 2.32. The second-order valence-corrected chi connectivity index (χ2v) is 3.27. The van der Waals surface area contributed by atoms with Gasteiger partial charge in [0.25, 0.3) is 0 Å². The predicted octanol–water partition coefficient (Wildman–Crippen LogP) is 2.47. The van der Waals surface area contributed by atoms with Crippen molar-refractivity contribution in [3.63, 3.8) is 0 Å². The molecule has 0 atom stereocenters. The van der Waals surface area contributed by atoms with Crippen molar-refractivity contribution in [2.75, 3.05) is 5.73 Å². The summed E-state index contributed by atoms with van der Waals surface area (Å²) in [5.74, 6) is 0.0427. The number of hydrogen-bond donors (Lipinski definition) is 1. The summed E-state index contributed by atoms with van der Waals surface area (Å²) in [7, 11) is 0. The van der Waals surface area contributed by atoms with Crippen LogP contribution in [0.25, 0.3) is 0 Å². The molecule has 0 bridgehead atoms. The summed E-state index contributed by atoms with van der Waals surface area (Å²) in [5, 5.41) is 8.58. The van der Waals surface area contributed by atoms with E-state index in [0.29, 0.717) is 11.4 Å². The van der Waals surface area contributed by atoms with Gasteiger partial charge >= 0.3 is 0 Å². The first kappa shape index (κ1) is 10.9. The third-order valence-electron chi connectivity index (χ3n) is 2.10. The Morgan fingerprint density at radius 2 is 2.18 bits per heavy atom. The lowest BCUT2D eigenvalue weighted by Crippen LogP contribution is -1.93. The molecule has 0 amide bonds. The molecule has 17 heavy (non-hydrogen) atoms. The number of halogens is 1. The van der Waals surface area contributed by atoms with Gasteiger partial charge in [-0.1, -0.05) is 0 Å². The van der Waals surface area contributed by atoms with Crippen LogP contribution in [0.5, 0.6) is 11.5 Å². The number of ether oxygens (including phenoxy) is 1. The van der Waals surface area contributed by atoms with E-state index >= 15 is 0 Å². The zero-order valence-corrected chi connectivity index (χ0v) is 8.72. The van der Waals surface area contributed by atoms with Crippen molar-refractivity contribution in [3.8, 4) is 17.6 Å². The highest BCUT2D eigenvalue weighted by Gasteiger charge is 2.06.